The van der Waals surface area contributed by atoms with Gasteiger partial charge in [0.2, 0.25) is 0 Å². The lowest BCUT2D eigenvalue weighted by Crippen LogP contribution is -1.98. The van der Waals surface area contributed by atoms with Crippen LogP contribution in [0.4, 0.5) is 5.69 Å². The molecule has 0 aliphatic carbocycles. The normalized spacial score (nSPS) is 10.8. The second-order valence-corrected chi connectivity index (χ2v) is 4.48. The molecule has 0 saturated heterocycles. The molecule has 0 fully saturated rings. The first kappa shape index (κ1) is 11.8. The number of nitrogens with zero attached hydrogens (tertiary/aromatic N) is 1. The number of aryl methyl sites for hydroxylation is 1. The maximum absolute atomic E-state index is 5.69. The van der Waals surface area contributed by atoms with Gasteiger partial charge < -0.3 is 9.73 Å². The van der Waals surface area contributed by atoms with E-state index in [4.69, 9.17) is 4.42 Å². The second-order valence-electron chi connectivity index (χ2n) is 4.48. The first-order valence-electron chi connectivity index (χ1n) is 6.51. The topological polar surface area (TPSA) is 38.1 Å². The van der Waals surface area contributed by atoms with Crippen molar-refractivity contribution in [1.29, 1.82) is 0 Å². The van der Waals surface area contributed by atoms with E-state index in [0.29, 0.717) is 6.54 Å². The molecular formula is C16H16N2O. The number of fused-ring (bicyclic) bond motifs is 1. The van der Waals surface area contributed by atoms with Gasteiger partial charge in [-0.2, -0.15) is 0 Å². The van der Waals surface area contributed by atoms with Crippen LogP contribution in [-0.4, -0.2) is 4.98 Å². The first-order valence-corrected chi connectivity index (χ1v) is 6.51. The van der Waals surface area contributed by atoms with Gasteiger partial charge in [-0.3, -0.25) is 4.98 Å². The summed E-state index contributed by atoms with van der Waals surface area (Å²) < 4.78 is 5.69. The molecule has 0 radical (unpaired) electrons. The molecule has 19 heavy (non-hydrogen) atoms. The van der Waals surface area contributed by atoms with Crippen molar-refractivity contribution in [3.05, 3.63) is 60.3 Å². The summed E-state index contributed by atoms with van der Waals surface area (Å²) in [5.74, 6) is 1.99. The van der Waals surface area contributed by atoms with Gasteiger partial charge in [0, 0.05) is 35.3 Å². The van der Waals surface area contributed by atoms with Crippen molar-refractivity contribution in [3.63, 3.8) is 0 Å². The van der Waals surface area contributed by atoms with Gasteiger partial charge in [0.1, 0.15) is 11.5 Å². The molecule has 2 aromatic heterocycles. The van der Waals surface area contributed by atoms with Crippen molar-refractivity contribution in [2.24, 2.45) is 0 Å². The molecule has 3 aromatic rings. The van der Waals surface area contributed by atoms with Crippen molar-refractivity contribution in [3.8, 4) is 0 Å². The van der Waals surface area contributed by atoms with Gasteiger partial charge in [0.05, 0.1) is 6.54 Å². The van der Waals surface area contributed by atoms with Crippen LogP contribution < -0.4 is 5.32 Å². The van der Waals surface area contributed by atoms with Gasteiger partial charge in [-0.25, -0.2) is 0 Å². The lowest BCUT2D eigenvalue weighted by molar-refractivity contribution is 0.476. The molecule has 0 spiro atoms. The van der Waals surface area contributed by atoms with Gasteiger partial charge in [-0.1, -0.05) is 19.1 Å². The smallest absolute Gasteiger partial charge is 0.123 e. The van der Waals surface area contributed by atoms with Crippen LogP contribution in [-0.2, 0) is 13.0 Å². The highest BCUT2D eigenvalue weighted by Gasteiger charge is 2.03. The summed E-state index contributed by atoms with van der Waals surface area (Å²) in [5, 5.41) is 5.74. The summed E-state index contributed by atoms with van der Waals surface area (Å²) >= 11 is 0. The zero-order chi connectivity index (χ0) is 13.1. The second kappa shape index (κ2) is 5.14. The number of benzene rings is 1. The van der Waals surface area contributed by atoms with Crippen LogP contribution in [0.1, 0.15) is 18.4 Å². The van der Waals surface area contributed by atoms with E-state index in [1.807, 2.05) is 36.7 Å². The van der Waals surface area contributed by atoms with E-state index in [1.165, 1.54) is 5.39 Å². The number of anilines is 1. The lowest BCUT2D eigenvalue weighted by Gasteiger charge is -2.08. The summed E-state index contributed by atoms with van der Waals surface area (Å²) in [5.41, 5.74) is 1.11. The number of pyridine rings is 1. The van der Waals surface area contributed by atoms with E-state index < -0.39 is 0 Å². The van der Waals surface area contributed by atoms with Crippen LogP contribution in [0, 0.1) is 0 Å². The van der Waals surface area contributed by atoms with Gasteiger partial charge in [-0.05, 0) is 24.3 Å². The first-order chi connectivity index (χ1) is 9.36. The average molecular weight is 252 g/mol. The fourth-order valence-electron chi connectivity index (χ4n) is 2.17. The van der Waals surface area contributed by atoms with Gasteiger partial charge >= 0.3 is 0 Å². The molecule has 0 saturated carbocycles. The standard InChI is InChI=1S/C16H16N2O/c1-2-13-6-7-14(19-13)11-18-16-5-3-4-12-10-17-9-8-15(12)16/h3-10,18H,2,11H2,1H3. The summed E-state index contributed by atoms with van der Waals surface area (Å²) in [6.07, 6.45) is 4.62. The third-order valence-corrected chi connectivity index (χ3v) is 3.20. The SMILES string of the molecule is CCc1ccc(CNc2cccc3cnccc23)o1. The van der Waals surface area contributed by atoms with Gasteiger partial charge in [-0.15, -0.1) is 0 Å². The van der Waals surface area contributed by atoms with Crippen LogP contribution in [0.3, 0.4) is 0 Å². The van der Waals surface area contributed by atoms with Crippen LogP contribution in [0.15, 0.2) is 53.2 Å². The molecular weight excluding hydrogens is 236 g/mol. The third-order valence-electron chi connectivity index (χ3n) is 3.20. The predicted molar refractivity (Wildman–Crippen MR) is 77.2 cm³/mol. The Hall–Kier alpha value is -2.29. The molecule has 3 nitrogen and oxygen atoms in total. The molecule has 0 aliphatic rings. The fraction of sp³-hybridized carbons (Fsp3) is 0.188. The van der Waals surface area contributed by atoms with Crippen molar-refractivity contribution < 1.29 is 4.42 Å². The molecule has 2 heterocycles. The molecule has 0 aliphatic heterocycles. The highest BCUT2D eigenvalue weighted by atomic mass is 16.3. The van der Waals surface area contributed by atoms with E-state index >= 15 is 0 Å². The molecule has 0 atom stereocenters. The quantitative estimate of drug-likeness (QED) is 0.762. The van der Waals surface area contributed by atoms with Crippen LogP contribution in [0.2, 0.25) is 0 Å². The van der Waals surface area contributed by atoms with Crippen molar-refractivity contribution in [1.82, 2.24) is 4.98 Å². The molecule has 96 valence electrons. The zero-order valence-corrected chi connectivity index (χ0v) is 10.9. The Morgan fingerprint density at radius 3 is 2.84 bits per heavy atom. The Balaban J connectivity index is 1.81. The lowest BCUT2D eigenvalue weighted by atomic mass is 10.1. The maximum Gasteiger partial charge on any atom is 0.123 e. The van der Waals surface area contributed by atoms with Crippen LogP contribution >= 0.6 is 0 Å². The summed E-state index contributed by atoms with van der Waals surface area (Å²) in [6.45, 7) is 2.79. The van der Waals surface area contributed by atoms with Gasteiger partial charge in [0.15, 0.2) is 0 Å². The molecule has 3 heteroatoms. The largest absolute Gasteiger partial charge is 0.464 e. The molecule has 0 amide bonds. The summed E-state index contributed by atoms with van der Waals surface area (Å²) in [6, 6.07) is 12.3. The number of hydrogen-bond donors (Lipinski definition) is 1. The van der Waals surface area contributed by atoms with Gasteiger partial charge in [0.25, 0.3) is 0 Å². The zero-order valence-electron chi connectivity index (χ0n) is 10.9. The Morgan fingerprint density at radius 1 is 1.11 bits per heavy atom. The highest BCUT2D eigenvalue weighted by Crippen LogP contribution is 2.23. The summed E-state index contributed by atoms with van der Waals surface area (Å²) in [7, 11) is 0. The van der Waals surface area contributed by atoms with Crippen molar-refractivity contribution >= 4 is 16.5 Å². The number of rotatable bonds is 4. The average Bonchev–Trinajstić information content (AvgIpc) is 2.93. The molecule has 0 unspecified atom stereocenters. The van der Waals surface area contributed by atoms with E-state index in [-0.39, 0.29) is 0 Å². The number of hydrogen-bond acceptors (Lipinski definition) is 3. The minimum atomic E-state index is 0.696. The Bertz CT molecular complexity index is 683. The summed E-state index contributed by atoms with van der Waals surface area (Å²) in [4.78, 5) is 4.14. The highest BCUT2D eigenvalue weighted by molar-refractivity contribution is 5.93. The van der Waals surface area contributed by atoms with Crippen molar-refractivity contribution in [2.75, 3.05) is 5.32 Å². The maximum atomic E-state index is 5.69. The van der Waals surface area contributed by atoms with E-state index in [1.54, 1.807) is 0 Å². The Labute approximate surface area is 112 Å². The number of aromatic nitrogens is 1. The predicted octanol–water partition coefficient (Wildman–Crippen LogP) is 4.00. The molecule has 1 N–H and O–H groups in total. The third kappa shape index (κ3) is 2.45. The minimum absolute atomic E-state index is 0.696. The minimum Gasteiger partial charge on any atom is -0.464 e. The Kier molecular flexibility index (Phi) is 3.19. The fourth-order valence-corrected chi connectivity index (χ4v) is 2.17. The monoisotopic (exact) mass is 252 g/mol. The molecule has 1 aromatic carbocycles. The van der Waals surface area contributed by atoms with E-state index in [0.717, 1.165) is 29.0 Å². The van der Waals surface area contributed by atoms with E-state index in [9.17, 15) is 0 Å². The number of nitrogens with one attached hydrogen (secondary N) is 1. The van der Waals surface area contributed by atoms with Crippen LogP contribution in [0.25, 0.3) is 10.8 Å². The number of furan rings is 1. The van der Waals surface area contributed by atoms with Crippen LogP contribution in [0.5, 0.6) is 0 Å². The molecule has 0 bridgehead atoms. The van der Waals surface area contributed by atoms with E-state index in [2.05, 4.69) is 29.4 Å². The molecule has 3 rings (SSSR count). The Morgan fingerprint density at radius 2 is 2.00 bits per heavy atom. The van der Waals surface area contributed by atoms with Crippen molar-refractivity contribution in [2.45, 2.75) is 19.9 Å².